The number of halogens is 5. The third-order valence-corrected chi connectivity index (χ3v) is 2.94. The molecule has 0 heterocycles. The summed E-state index contributed by atoms with van der Waals surface area (Å²) in [6.45, 7) is 0.617. The van der Waals surface area contributed by atoms with E-state index in [9.17, 15) is 26.2 Å². The number of nitrogens with one attached hydrogen (secondary N) is 1. The van der Waals surface area contributed by atoms with E-state index in [2.05, 4.69) is 5.32 Å². The summed E-state index contributed by atoms with van der Waals surface area (Å²) >= 11 is 0. The Balaban J connectivity index is 4.04. The summed E-state index contributed by atoms with van der Waals surface area (Å²) in [5.74, 6) is -5.48. The van der Waals surface area contributed by atoms with E-state index in [0.29, 0.717) is 13.0 Å². The molecule has 17 heavy (non-hydrogen) atoms. The van der Waals surface area contributed by atoms with Crippen LogP contribution >= 0.6 is 0 Å². The lowest BCUT2D eigenvalue weighted by molar-refractivity contribution is -0.282. The lowest BCUT2D eigenvalue weighted by atomic mass is 10.2. The Kier molecular flexibility index (Phi) is 6.84. The topological polar surface area (TPSA) is 29.1 Å². The van der Waals surface area contributed by atoms with E-state index in [1.807, 2.05) is 0 Å². The lowest BCUT2D eigenvalue weighted by Crippen LogP contribution is -2.37. The van der Waals surface area contributed by atoms with Crippen LogP contribution in [0.15, 0.2) is 11.5 Å². The molecule has 1 N–H and O–H groups in total. The van der Waals surface area contributed by atoms with Crippen molar-refractivity contribution in [3.63, 3.8) is 0 Å². The van der Waals surface area contributed by atoms with Crippen molar-refractivity contribution in [1.29, 1.82) is 0 Å². The second-order valence-electron chi connectivity index (χ2n) is 3.30. The fraction of sp³-hybridized carbons (Fsp3) is 0.778. The summed E-state index contributed by atoms with van der Waals surface area (Å²) in [5.41, 5.74) is 0. The minimum atomic E-state index is -5.58. The van der Waals surface area contributed by atoms with Crippen molar-refractivity contribution in [2.75, 3.05) is 19.3 Å². The maximum absolute atomic E-state index is 12.4. The summed E-state index contributed by atoms with van der Waals surface area (Å²) in [6.07, 6.45) is -5.01. The maximum atomic E-state index is 12.4. The summed E-state index contributed by atoms with van der Waals surface area (Å²) in [6, 6.07) is 0. The zero-order valence-corrected chi connectivity index (χ0v) is 10.0. The molecule has 8 heteroatoms. The van der Waals surface area contributed by atoms with Crippen LogP contribution in [0.2, 0.25) is 0 Å². The van der Waals surface area contributed by atoms with Crippen LogP contribution in [-0.4, -0.2) is 35.7 Å². The van der Waals surface area contributed by atoms with Gasteiger partial charge in [0.1, 0.15) is 0 Å². The largest absolute Gasteiger partial charge is 0.453 e. The van der Waals surface area contributed by atoms with E-state index in [0.717, 1.165) is 5.41 Å². The molecule has 102 valence electrons. The van der Waals surface area contributed by atoms with Crippen LogP contribution < -0.4 is 5.32 Å². The molecule has 0 bridgehead atoms. The monoisotopic (exact) mass is 279 g/mol. The van der Waals surface area contributed by atoms with Crippen molar-refractivity contribution in [3.05, 3.63) is 11.5 Å². The average molecular weight is 279 g/mol. The van der Waals surface area contributed by atoms with Gasteiger partial charge in [-0.1, -0.05) is 6.08 Å². The van der Waals surface area contributed by atoms with Gasteiger partial charge in [0.2, 0.25) is 0 Å². The quantitative estimate of drug-likeness (QED) is 0.573. The second kappa shape index (κ2) is 7.05. The van der Waals surface area contributed by atoms with Gasteiger partial charge < -0.3 is 5.32 Å². The summed E-state index contributed by atoms with van der Waals surface area (Å²) in [4.78, 5) is 0. The van der Waals surface area contributed by atoms with Gasteiger partial charge >= 0.3 is 12.1 Å². The predicted octanol–water partition coefficient (Wildman–Crippen LogP) is 2.45. The number of rotatable bonds is 7. The molecule has 0 saturated carbocycles. The van der Waals surface area contributed by atoms with Crippen LogP contribution in [0.4, 0.5) is 22.0 Å². The van der Waals surface area contributed by atoms with E-state index >= 15 is 0 Å². The molecule has 0 rings (SSSR count). The minimum Gasteiger partial charge on any atom is -0.319 e. The van der Waals surface area contributed by atoms with Crippen molar-refractivity contribution in [2.24, 2.45) is 0 Å². The van der Waals surface area contributed by atoms with Gasteiger partial charge in [0.15, 0.2) is 0 Å². The van der Waals surface area contributed by atoms with E-state index in [4.69, 9.17) is 0 Å². The molecule has 0 aromatic heterocycles. The molecule has 0 radical (unpaired) electrons. The number of hydrogen-bond acceptors (Lipinski definition) is 2. The molecule has 2 nitrogen and oxygen atoms in total. The molecular weight excluding hydrogens is 265 g/mol. The first kappa shape index (κ1) is 16.5. The van der Waals surface area contributed by atoms with Crippen LogP contribution in [0.1, 0.15) is 12.8 Å². The normalized spacial score (nSPS) is 15.4. The van der Waals surface area contributed by atoms with Crippen molar-refractivity contribution in [2.45, 2.75) is 24.9 Å². The molecule has 0 aromatic rings. The van der Waals surface area contributed by atoms with Crippen molar-refractivity contribution in [1.82, 2.24) is 5.32 Å². The number of hydrogen-bond donors (Lipinski definition) is 1. The fourth-order valence-corrected chi connectivity index (χ4v) is 1.79. The first-order valence-electron chi connectivity index (χ1n) is 4.83. The average Bonchev–Trinajstić information content (AvgIpc) is 2.20. The predicted molar refractivity (Wildman–Crippen MR) is 56.3 cm³/mol. The summed E-state index contributed by atoms with van der Waals surface area (Å²) in [5, 5.41) is 3.94. The lowest BCUT2D eigenvalue weighted by Gasteiger charge is -2.18. The van der Waals surface area contributed by atoms with E-state index in [1.165, 1.54) is 6.08 Å². The third kappa shape index (κ3) is 6.72. The van der Waals surface area contributed by atoms with Gasteiger partial charge in [-0.05, 0) is 25.4 Å². The Morgan fingerprint density at radius 1 is 1.24 bits per heavy atom. The first-order valence-corrected chi connectivity index (χ1v) is 6.22. The van der Waals surface area contributed by atoms with E-state index in [-0.39, 0.29) is 0 Å². The summed E-state index contributed by atoms with van der Waals surface area (Å²) in [7, 11) is -0.0901. The van der Waals surface area contributed by atoms with Crippen molar-refractivity contribution in [3.8, 4) is 0 Å². The van der Waals surface area contributed by atoms with Crippen LogP contribution in [0.25, 0.3) is 0 Å². The third-order valence-electron chi connectivity index (χ3n) is 1.84. The van der Waals surface area contributed by atoms with Gasteiger partial charge in [0.25, 0.3) is 0 Å². The zero-order chi connectivity index (χ0) is 13.5. The minimum absolute atomic E-state index is 0.540. The highest BCUT2D eigenvalue weighted by atomic mass is 32.2. The highest BCUT2D eigenvalue weighted by Gasteiger charge is 2.56. The molecule has 0 aliphatic carbocycles. The van der Waals surface area contributed by atoms with Gasteiger partial charge in [-0.25, -0.2) is 0 Å². The van der Waals surface area contributed by atoms with E-state index < -0.39 is 35.1 Å². The molecular formula is C9H14F5NOS. The Hall–Kier alpha value is -0.500. The standard InChI is InChI=1S/C9H14F5NOS/c1-15-5-2-3-6-17(16)7-4-8(10,11)9(12,13)14/h3,6,15H,2,4-5,7H2,1H3/b6-3+. The van der Waals surface area contributed by atoms with Crippen LogP contribution in [0.5, 0.6) is 0 Å². The molecule has 0 fully saturated rings. The van der Waals surface area contributed by atoms with Gasteiger partial charge in [-0.2, -0.15) is 22.0 Å². The molecule has 0 amide bonds. The molecule has 0 aromatic carbocycles. The Labute approximate surface area is 98.7 Å². The highest BCUT2D eigenvalue weighted by Crippen LogP contribution is 2.38. The Bertz CT molecular complexity index is 277. The Morgan fingerprint density at radius 3 is 2.29 bits per heavy atom. The smallest absolute Gasteiger partial charge is 0.319 e. The Morgan fingerprint density at radius 2 is 1.82 bits per heavy atom. The van der Waals surface area contributed by atoms with Crippen molar-refractivity contribution >= 4 is 10.8 Å². The van der Waals surface area contributed by atoms with Gasteiger partial charge in [-0.15, -0.1) is 0 Å². The molecule has 0 aliphatic heterocycles. The molecule has 1 unspecified atom stereocenters. The van der Waals surface area contributed by atoms with Gasteiger partial charge in [-0.3, -0.25) is 4.21 Å². The number of alkyl halides is 5. The van der Waals surface area contributed by atoms with Gasteiger partial charge in [0.05, 0.1) is 0 Å². The summed E-state index contributed by atoms with van der Waals surface area (Å²) < 4.78 is 71.2. The molecule has 0 aliphatic rings. The fourth-order valence-electron chi connectivity index (χ4n) is 0.842. The highest BCUT2D eigenvalue weighted by molar-refractivity contribution is 7.87. The maximum Gasteiger partial charge on any atom is 0.453 e. The van der Waals surface area contributed by atoms with Crippen molar-refractivity contribution < 1.29 is 26.2 Å². The van der Waals surface area contributed by atoms with Gasteiger partial charge in [0, 0.05) is 23.0 Å². The second-order valence-corrected chi connectivity index (χ2v) is 4.74. The van der Waals surface area contributed by atoms with E-state index in [1.54, 1.807) is 7.05 Å². The first-order chi connectivity index (χ1) is 7.70. The zero-order valence-electron chi connectivity index (χ0n) is 9.19. The van der Waals surface area contributed by atoms with Crippen LogP contribution in [0, 0.1) is 0 Å². The van der Waals surface area contributed by atoms with Crippen LogP contribution in [0.3, 0.4) is 0 Å². The molecule has 0 spiro atoms. The van der Waals surface area contributed by atoms with Crippen LogP contribution in [-0.2, 0) is 10.8 Å². The SMILES string of the molecule is CNCC/C=C/S(=O)CCC(F)(F)C(F)(F)F. The molecule has 1 atom stereocenters. The molecule has 0 saturated heterocycles.